The standard InChI is InChI=1S/C7H16N2O2/c1-9-3-6(5-10-2)11-7(8)4-9/h6-7H,3-5,8H2,1-2H3. The lowest BCUT2D eigenvalue weighted by Crippen LogP contribution is -2.50. The predicted octanol–water partition coefficient (Wildman–Crippen LogP) is -0.752. The van der Waals surface area contributed by atoms with Gasteiger partial charge in [-0.25, -0.2) is 0 Å². The fraction of sp³-hybridized carbons (Fsp3) is 1.00. The normalized spacial score (nSPS) is 34.1. The first-order valence-electron chi connectivity index (χ1n) is 3.81. The second-order valence-corrected chi connectivity index (χ2v) is 2.97. The summed E-state index contributed by atoms with van der Waals surface area (Å²) in [7, 11) is 3.70. The molecule has 11 heavy (non-hydrogen) atoms. The van der Waals surface area contributed by atoms with Crippen LogP contribution in [-0.2, 0) is 9.47 Å². The summed E-state index contributed by atoms with van der Waals surface area (Å²) >= 11 is 0. The Bertz CT molecular complexity index is 111. The average Bonchev–Trinajstić information content (AvgIpc) is 1.85. The highest BCUT2D eigenvalue weighted by Gasteiger charge is 2.22. The van der Waals surface area contributed by atoms with Crippen LogP contribution < -0.4 is 5.73 Å². The summed E-state index contributed by atoms with van der Waals surface area (Å²) in [6, 6.07) is 0. The molecule has 1 aliphatic heterocycles. The summed E-state index contributed by atoms with van der Waals surface area (Å²) in [5.74, 6) is 0. The summed E-state index contributed by atoms with van der Waals surface area (Å²) in [5, 5.41) is 0. The zero-order valence-electron chi connectivity index (χ0n) is 7.12. The number of likely N-dealkylation sites (N-methyl/N-ethyl adjacent to an activating group) is 1. The predicted molar refractivity (Wildman–Crippen MR) is 42.2 cm³/mol. The van der Waals surface area contributed by atoms with Crippen LogP contribution in [0, 0.1) is 0 Å². The smallest absolute Gasteiger partial charge is 0.119 e. The van der Waals surface area contributed by atoms with E-state index in [1.54, 1.807) is 7.11 Å². The van der Waals surface area contributed by atoms with Crippen LogP contribution in [0.4, 0.5) is 0 Å². The van der Waals surface area contributed by atoms with Crippen molar-refractivity contribution in [2.75, 3.05) is 33.9 Å². The summed E-state index contributed by atoms with van der Waals surface area (Å²) < 4.78 is 10.4. The Morgan fingerprint density at radius 3 is 2.91 bits per heavy atom. The van der Waals surface area contributed by atoms with E-state index >= 15 is 0 Å². The lowest BCUT2D eigenvalue weighted by Gasteiger charge is -2.33. The third-order valence-electron chi connectivity index (χ3n) is 1.73. The van der Waals surface area contributed by atoms with Crippen LogP contribution >= 0.6 is 0 Å². The SMILES string of the molecule is COCC1CN(C)CC(N)O1. The lowest BCUT2D eigenvalue weighted by molar-refractivity contribution is -0.0994. The van der Waals surface area contributed by atoms with Crippen molar-refractivity contribution in [1.29, 1.82) is 0 Å². The Morgan fingerprint density at radius 1 is 1.64 bits per heavy atom. The molecule has 0 bridgehead atoms. The highest BCUT2D eigenvalue weighted by atomic mass is 16.5. The lowest BCUT2D eigenvalue weighted by atomic mass is 10.3. The molecule has 1 saturated heterocycles. The Hall–Kier alpha value is -0.160. The van der Waals surface area contributed by atoms with Crippen molar-refractivity contribution >= 4 is 0 Å². The van der Waals surface area contributed by atoms with Crippen LogP contribution in [0.3, 0.4) is 0 Å². The van der Waals surface area contributed by atoms with E-state index < -0.39 is 0 Å². The number of hydrogen-bond acceptors (Lipinski definition) is 4. The summed E-state index contributed by atoms with van der Waals surface area (Å²) in [4.78, 5) is 2.15. The summed E-state index contributed by atoms with van der Waals surface area (Å²) in [5.41, 5.74) is 5.63. The van der Waals surface area contributed by atoms with Crippen molar-refractivity contribution in [2.45, 2.75) is 12.3 Å². The molecule has 0 aromatic carbocycles. The Kier molecular flexibility index (Phi) is 3.26. The zero-order chi connectivity index (χ0) is 8.27. The van der Waals surface area contributed by atoms with Gasteiger partial charge in [0.2, 0.25) is 0 Å². The van der Waals surface area contributed by atoms with Gasteiger partial charge in [0.25, 0.3) is 0 Å². The fourth-order valence-electron chi connectivity index (χ4n) is 1.34. The molecule has 2 atom stereocenters. The second kappa shape index (κ2) is 4.01. The van der Waals surface area contributed by atoms with Gasteiger partial charge in [-0.3, -0.25) is 4.90 Å². The minimum atomic E-state index is -0.158. The van der Waals surface area contributed by atoms with E-state index in [9.17, 15) is 0 Å². The van der Waals surface area contributed by atoms with Gasteiger partial charge in [-0.2, -0.15) is 0 Å². The largest absolute Gasteiger partial charge is 0.382 e. The fourth-order valence-corrected chi connectivity index (χ4v) is 1.34. The molecule has 2 N–H and O–H groups in total. The number of hydrogen-bond donors (Lipinski definition) is 1. The Balaban J connectivity index is 2.30. The van der Waals surface area contributed by atoms with Gasteiger partial charge in [0.1, 0.15) is 6.23 Å². The molecule has 1 fully saturated rings. The first kappa shape index (κ1) is 8.93. The molecule has 0 spiro atoms. The summed E-state index contributed by atoms with van der Waals surface area (Å²) in [6.45, 7) is 2.33. The molecule has 2 unspecified atom stereocenters. The van der Waals surface area contributed by atoms with E-state index in [0.29, 0.717) is 6.61 Å². The molecule has 0 aromatic heterocycles. The monoisotopic (exact) mass is 160 g/mol. The number of morpholine rings is 1. The van der Waals surface area contributed by atoms with Gasteiger partial charge in [-0.15, -0.1) is 0 Å². The van der Waals surface area contributed by atoms with E-state index in [1.807, 2.05) is 7.05 Å². The van der Waals surface area contributed by atoms with Gasteiger partial charge in [-0.1, -0.05) is 0 Å². The first-order valence-corrected chi connectivity index (χ1v) is 3.81. The quantitative estimate of drug-likeness (QED) is 0.577. The van der Waals surface area contributed by atoms with E-state index in [2.05, 4.69) is 4.90 Å². The Labute approximate surface area is 67.2 Å². The number of nitrogens with zero attached hydrogens (tertiary/aromatic N) is 1. The van der Waals surface area contributed by atoms with Crippen LogP contribution in [0.25, 0.3) is 0 Å². The maximum Gasteiger partial charge on any atom is 0.119 e. The maximum atomic E-state index is 5.63. The van der Waals surface area contributed by atoms with Crippen LogP contribution in [0.1, 0.15) is 0 Å². The van der Waals surface area contributed by atoms with Gasteiger partial charge in [0.15, 0.2) is 0 Å². The molecule has 1 rings (SSSR count). The molecule has 0 aliphatic carbocycles. The molecule has 4 heteroatoms. The molecule has 0 saturated carbocycles. The molecule has 66 valence electrons. The number of rotatable bonds is 2. The van der Waals surface area contributed by atoms with Gasteiger partial charge in [0.05, 0.1) is 12.7 Å². The molecule has 0 amide bonds. The van der Waals surface area contributed by atoms with Crippen molar-refractivity contribution in [3.05, 3.63) is 0 Å². The third-order valence-corrected chi connectivity index (χ3v) is 1.73. The van der Waals surface area contributed by atoms with Crippen LogP contribution in [0.15, 0.2) is 0 Å². The second-order valence-electron chi connectivity index (χ2n) is 2.97. The van der Waals surface area contributed by atoms with Gasteiger partial charge in [0, 0.05) is 20.2 Å². The van der Waals surface area contributed by atoms with Crippen molar-refractivity contribution in [1.82, 2.24) is 4.90 Å². The summed E-state index contributed by atoms with van der Waals surface area (Å²) in [6.07, 6.45) is -0.0253. The number of ether oxygens (including phenoxy) is 2. The minimum Gasteiger partial charge on any atom is -0.382 e. The maximum absolute atomic E-state index is 5.63. The third kappa shape index (κ3) is 2.75. The van der Waals surface area contributed by atoms with Crippen molar-refractivity contribution in [3.8, 4) is 0 Å². The molecule has 4 nitrogen and oxygen atoms in total. The highest BCUT2D eigenvalue weighted by molar-refractivity contribution is 4.71. The van der Waals surface area contributed by atoms with Gasteiger partial charge >= 0.3 is 0 Å². The highest BCUT2D eigenvalue weighted by Crippen LogP contribution is 2.05. The van der Waals surface area contributed by atoms with E-state index in [1.165, 1.54) is 0 Å². The first-order chi connectivity index (χ1) is 5.22. The van der Waals surface area contributed by atoms with E-state index in [-0.39, 0.29) is 12.3 Å². The van der Waals surface area contributed by atoms with Gasteiger partial charge in [-0.05, 0) is 7.05 Å². The van der Waals surface area contributed by atoms with Crippen molar-refractivity contribution in [3.63, 3.8) is 0 Å². The molecular weight excluding hydrogens is 144 g/mol. The van der Waals surface area contributed by atoms with Crippen LogP contribution in [0.5, 0.6) is 0 Å². The van der Waals surface area contributed by atoms with Crippen LogP contribution in [0.2, 0.25) is 0 Å². The molecule has 1 aliphatic rings. The molecular formula is C7H16N2O2. The molecule has 0 aromatic rings. The number of methoxy groups -OCH3 is 1. The van der Waals surface area contributed by atoms with Crippen molar-refractivity contribution in [2.24, 2.45) is 5.73 Å². The molecule has 0 radical (unpaired) electrons. The van der Waals surface area contributed by atoms with Crippen LogP contribution in [-0.4, -0.2) is 51.1 Å². The van der Waals surface area contributed by atoms with E-state index in [4.69, 9.17) is 15.2 Å². The van der Waals surface area contributed by atoms with E-state index in [0.717, 1.165) is 13.1 Å². The van der Waals surface area contributed by atoms with Crippen molar-refractivity contribution < 1.29 is 9.47 Å². The average molecular weight is 160 g/mol. The topological polar surface area (TPSA) is 47.7 Å². The van der Waals surface area contributed by atoms with Gasteiger partial charge < -0.3 is 15.2 Å². The minimum absolute atomic E-state index is 0.133. The molecule has 1 heterocycles. The zero-order valence-corrected chi connectivity index (χ0v) is 7.12. The number of nitrogens with two attached hydrogens (primary N) is 1. The Morgan fingerprint density at radius 2 is 2.36 bits per heavy atom.